The van der Waals surface area contributed by atoms with Crippen LogP contribution >= 0.6 is 11.3 Å². The quantitative estimate of drug-likeness (QED) is 0.806. The topological polar surface area (TPSA) is 49.0 Å². The van der Waals surface area contributed by atoms with Crippen molar-refractivity contribution in [3.8, 4) is 0 Å². The summed E-state index contributed by atoms with van der Waals surface area (Å²) in [6.45, 7) is 3.69. The zero-order valence-electron chi connectivity index (χ0n) is 12.1. The van der Waals surface area contributed by atoms with Crippen molar-refractivity contribution in [1.29, 1.82) is 0 Å². The molecule has 0 fully saturated rings. The average Bonchev–Trinajstić information content (AvgIpc) is 2.88. The molecule has 1 N–H and O–H groups in total. The highest BCUT2D eigenvalue weighted by molar-refractivity contribution is 7.09. The van der Waals surface area contributed by atoms with Crippen LogP contribution in [0.5, 0.6) is 0 Å². The minimum Gasteiger partial charge on any atom is -0.328 e. The summed E-state index contributed by atoms with van der Waals surface area (Å²) >= 11 is 1.68. The fraction of sp³-hybridized carbons (Fsp3) is 0.250. The fourth-order valence-corrected chi connectivity index (χ4v) is 3.33. The van der Waals surface area contributed by atoms with E-state index in [1.54, 1.807) is 11.3 Å². The Kier molecular flexibility index (Phi) is 3.86. The molecular formula is C16H17N3OS. The van der Waals surface area contributed by atoms with Gasteiger partial charge in [-0.05, 0) is 31.0 Å². The molecule has 0 unspecified atom stereocenters. The lowest BCUT2D eigenvalue weighted by molar-refractivity contribution is 0.322. The van der Waals surface area contributed by atoms with Gasteiger partial charge < -0.3 is 4.98 Å². The maximum atomic E-state index is 11.8. The third-order valence-electron chi connectivity index (χ3n) is 3.59. The molecule has 1 aromatic carbocycles. The maximum Gasteiger partial charge on any atom is 0.255 e. The van der Waals surface area contributed by atoms with E-state index >= 15 is 0 Å². The predicted octanol–water partition coefficient (Wildman–Crippen LogP) is 2.93. The van der Waals surface area contributed by atoms with E-state index in [4.69, 9.17) is 0 Å². The van der Waals surface area contributed by atoms with E-state index in [0.717, 1.165) is 35.1 Å². The number of benzene rings is 1. The SMILES string of the molecule is Cc1ncsc1CN(C)Cc1c[nH]c(=O)c2ccccc12. The normalized spacial score (nSPS) is 11.4. The summed E-state index contributed by atoms with van der Waals surface area (Å²) in [7, 11) is 2.08. The van der Waals surface area contributed by atoms with Crippen LogP contribution in [0.4, 0.5) is 0 Å². The summed E-state index contributed by atoms with van der Waals surface area (Å²) in [6, 6.07) is 7.74. The summed E-state index contributed by atoms with van der Waals surface area (Å²) in [6.07, 6.45) is 1.82. The Morgan fingerprint density at radius 3 is 2.71 bits per heavy atom. The van der Waals surface area contributed by atoms with E-state index in [-0.39, 0.29) is 5.56 Å². The zero-order valence-corrected chi connectivity index (χ0v) is 12.9. The minimum atomic E-state index is -0.0321. The predicted molar refractivity (Wildman–Crippen MR) is 86.6 cm³/mol. The molecule has 0 aliphatic carbocycles. The summed E-state index contributed by atoms with van der Waals surface area (Å²) in [5.74, 6) is 0. The first-order valence-corrected chi connectivity index (χ1v) is 7.70. The molecule has 3 rings (SSSR count). The average molecular weight is 299 g/mol. The Morgan fingerprint density at radius 2 is 2.00 bits per heavy atom. The Labute approximate surface area is 127 Å². The fourth-order valence-electron chi connectivity index (χ4n) is 2.47. The van der Waals surface area contributed by atoms with Crippen molar-refractivity contribution in [3.05, 3.63) is 62.5 Å². The number of aryl methyl sites for hydroxylation is 1. The highest BCUT2D eigenvalue weighted by Gasteiger charge is 2.09. The van der Waals surface area contributed by atoms with Crippen LogP contribution in [0.25, 0.3) is 10.8 Å². The smallest absolute Gasteiger partial charge is 0.255 e. The highest BCUT2D eigenvalue weighted by Crippen LogP contribution is 2.19. The van der Waals surface area contributed by atoms with E-state index in [9.17, 15) is 4.79 Å². The molecule has 0 radical (unpaired) electrons. The Bertz CT molecular complexity index is 822. The van der Waals surface area contributed by atoms with Gasteiger partial charge >= 0.3 is 0 Å². The second-order valence-corrected chi connectivity index (χ2v) is 6.16. The molecule has 0 spiro atoms. The lowest BCUT2D eigenvalue weighted by Crippen LogP contribution is -2.18. The van der Waals surface area contributed by atoms with Crippen molar-refractivity contribution in [2.45, 2.75) is 20.0 Å². The molecular weight excluding hydrogens is 282 g/mol. The monoisotopic (exact) mass is 299 g/mol. The van der Waals surface area contributed by atoms with Crippen molar-refractivity contribution in [3.63, 3.8) is 0 Å². The Balaban J connectivity index is 1.87. The molecule has 21 heavy (non-hydrogen) atoms. The van der Waals surface area contributed by atoms with Gasteiger partial charge in [-0.1, -0.05) is 18.2 Å². The number of hydrogen-bond acceptors (Lipinski definition) is 4. The van der Waals surface area contributed by atoms with Crippen LogP contribution in [-0.2, 0) is 13.1 Å². The molecule has 108 valence electrons. The first-order chi connectivity index (χ1) is 10.1. The summed E-state index contributed by atoms with van der Waals surface area (Å²) in [5.41, 5.74) is 4.08. The van der Waals surface area contributed by atoms with Crippen molar-refractivity contribution in [2.75, 3.05) is 7.05 Å². The molecule has 4 nitrogen and oxygen atoms in total. The molecule has 0 aliphatic rings. The number of H-pyrrole nitrogens is 1. The van der Waals surface area contributed by atoms with Crippen molar-refractivity contribution in [1.82, 2.24) is 14.9 Å². The minimum absolute atomic E-state index is 0.0321. The van der Waals surface area contributed by atoms with Crippen molar-refractivity contribution >= 4 is 22.1 Å². The van der Waals surface area contributed by atoms with Gasteiger partial charge in [-0.3, -0.25) is 9.69 Å². The van der Waals surface area contributed by atoms with Gasteiger partial charge in [-0.2, -0.15) is 0 Å². The number of nitrogens with zero attached hydrogens (tertiary/aromatic N) is 2. The molecule has 3 aromatic rings. The van der Waals surface area contributed by atoms with E-state index in [1.807, 2.05) is 42.9 Å². The molecule has 2 aromatic heterocycles. The molecule has 0 aliphatic heterocycles. The van der Waals surface area contributed by atoms with Gasteiger partial charge in [0, 0.05) is 29.5 Å². The van der Waals surface area contributed by atoms with Crippen LogP contribution in [0.3, 0.4) is 0 Å². The van der Waals surface area contributed by atoms with Gasteiger partial charge in [-0.25, -0.2) is 4.98 Å². The number of nitrogens with one attached hydrogen (secondary N) is 1. The molecule has 0 atom stereocenters. The van der Waals surface area contributed by atoms with E-state index in [2.05, 4.69) is 21.9 Å². The number of thiazole rings is 1. The van der Waals surface area contributed by atoms with E-state index in [1.165, 1.54) is 4.88 Å². The highest BCUT2D eigenvalue weighted by atomic mass is 32.1. The van der Waals surface area contributed by atoms with Crippen molar-refractivity contribution < 1.29 is 0 Å². The first kappa shape index (κ1) is 14.0. The molecule has 5 heteroatoms. The van der Waals surface area contributed by atoms with Crippen LogP contribution in [0, 0.1) is 6.92 Å². The lowest BCUT2D eigenvalue weighted by Gasteiger charge is -2.17. The van der Waals surface area contributed by atoms with Gasteiger partial charge in [0.1, 0.15) is 0 Å². The maximum absolute atomic E-state index is 11.8. The lowest BCUT2D eigenvalue weighted by atomic mass is 10.1. The zero-order chi connectivity index (χ0) is 14.8. The Morgan fingerprint density at radius 1 is 1.24 bits per heavy atom. The number of hydrogen-bond donors (Lipinski definition) is 1. The van der Waals surface area contributed by atoms with Crippen LogP contribution in [-0.4, -0.2) is 21.9 Å². The van der Waals surface area contributed by atoms with E-state index < -0.39 is 0 Å². The van der Waals surface area contributed by atoms with Crippen LogP contribution in [0.15, 0.2) is 40.8 Å². The second-order valence-electron chi connectivity index (χ2n) is 5.22. The molecule has 2 heterocycles. The summed E-state index contributed by atoms with van der Waals surface area (Å²) in [4.78, 5) is 22.5. The van der Waals surface area contributed by atoms with Gasteiger partial charge in [0.15, 0.2) is 0 Å². The number of rotatable bonds is 4. The number of pyridine rings is 1. The van der Waals surface area contributed by atoms with Gasteiger partial charge in [0.05, 0.1) is 11.2 Å². The van der Waals surface area contributed by atoms with Crippen LogP contribution < -0.4 is 5.56 Å². The van der Waals surface area contributed by atoms with Crippen molar-refractivity contribution in [2.24, 2.45) is 0 Å². The molecule has 0 amide bonds. The summed E-state index contributed by atoms with van der Waals surface area (Å²) < 4.78 is 0. The Hall–Kier alpha value is -1.98. The van der Waals surface area contributed by atoms with E-state index in [0.29, 0.717) is 0 Å². The molecule has 0 saturated carbocycles. The standard InChI is InChI=1S/C16H17N3OS/c1-11-15(21-10-18-11)9-19(2)8-12-7-17-16(20)14-6-4-3-5-13(12)14/h3-7,10H,8-9H2,1-2H3,(H,17,20). The van der Waals surface area contributed by atoms with Crippen LogP contribution in [0.2, 0.25) is 0 Å². The second kappa shape index (κ2) is 5.79. The third-order valence-corrected chi connectivity index (χ3v) is 4.51. The molecule has 0 bridgehead atoms. The first-order valence-electron chi connectivity index (χ1n) is 6.82. The van der Waals surface area contributed by atoms with Gasteiger partial charge in [0.2, 0.25) is 0 Å². The largest absolute Gasteiger partial charge is 0.328 e. The third kappa shape index (κ3) is 2.89. The number of fused-ring (bicyclic) bond motifs is 1. The molecule has 0 saturated heterocycles. The van der Waals surface area contributed by atoms with Gasteiger partial charge in [-0.15, -0.1) is 11.3 Å². The summed E-state index contributed by atoms with van der Waals surface area (Å²) in [5, 5.41) is 1.77. The number of aromatic amines is 1. The van der Waals surface area contributed by atoms with Crippen LogP contribution in [0.1, 0.15) is 16.1 Å². The van der Waals surface area contributed by atoms with Gasteiger partial charge in [0.25, 0.3) is 5.56 Å². The number of aromatic nitrogens is 2.